The molecule has 1 heterocycles. The lowest BCUT2D eigenvalue weighted by Gasteiger charge is -2.14. The van der Waals surface area contributed by atoms with E-state index in [1.165, 1.54) is 0 Å². The topological polar surface area (TPSA) is 68.0 Å². The van der Waals surface area contributed by atoms with Crippen LogP contribution in [0, 0.1) is 5.92 Å². The zero-order chi connectivity index (χ0) is 11.3. The summed E-state index contributed by atoms with van der Waals surface area (Å²) in [5.74, 6) is -0.124. The van der Waals surface area contributed by atoms with E-state index in [2.05, 4.69) is 10.3 Å². The lowest BCUT2D eigenvalue weighted by Crippen LogP contribution is -2.39. The maximum Gasteiger partial charge on any atom is 0.224 e. The summed E-state index contributed by atoms with van der Waals surface area (Å²) in [5, 5.41) is 4.83. The van der Waals surface area contributed by atoms with Gasteiger partial charge >= 0.3 is 0 Å². The van der Waals surface area contributed by atoms with E-state index in [1.54, 1.807) is 16.8 Å². The Hall–Kier alpha value is -0.940. The van der Waals surface area contributed by atoms with E-state index in [-0.39, 0.29) is 17.9 Å². The molecule has 84 valence electrons. The van der Waals surface area contributed by atoms with Gasteiger partial charge in [-0.2, -0.15) is 0 Å². The minimum atomic E-state index is -0.138. The molecular formula is C10H17N3OS. The first-order valence-corrected chi connectivity index (χ1v) is 5.96. The van der Waals surface area contributed by atoms with Gasteiger partial charge in [-0.1, -0.05) is 6.92 Å². The van der Waals surface area contributed by atoms with Gasteiger partial charge in [0.25, 0.3) is 0 Å². The molecule has 0 aliphatic heterocycles. The molecule has 1 aromatic rings. The van der Waals surface area contributed by atoms with Gasteiger partial charge in [0, 0.05) is 30.3 Å². The lowest BCUT2D eigenvalue weighted by atomic mass is 10.0. The van der Waals surface area contributed by atoms with Crippen LogP contribution in [0.1, 0.15) is 19.5 Å². The molecule has 4 nitrogen and oxygen atoms in total. The molecule has 1 rings (SSSR count). The molecule has 1 amide bonds. The highest BCUT2D eigenvalue weighted by atomic mass is 32.1. The second kappa shape index (κ2) is 5.82. The van der Waals surface area contributed by atoms with Crippen LogP contribution in [0.4, 0.5) is 0 Å². The largest absolute Gasteiger partial charge is 0.355 e. The fourth-order valence-corrected chi connectivity index (χ4v) is 1.67. The standard InChI is InChI=1S/C10H17N3OS/c1-7(8(2)11)10(14)12-4-3-9-5-15-6-13-9/h5-8H,3-4,11H2,1-2H3,(H,12,14). The van der Waals surface area contributed by atoms with E-state index in [1.807, 2.05) is 19.2 Å². The van der Waals surface area contributed by atoms with Crippen molar-refractivity contribution in [1.29, 1.82) is 0 Å². The highest BCUT2D eigenvalue weighted by Crippen LogP contribution is 2.02. The fourth-order valence-electron chi connectivity index (χ4n) is 1.07. The summed E-state index contributed by atoms with van der Waals surface area (Å²) in [6, 6.07) is -0.107. The van der Waals surface area contributed by atoms with Crippen LogP contribution in [0.25, 0.3) is 0 Å². The predicted octanol–water partition coefficient (Wildman–Crippen LogP) is 0.785. The number of nitrogens with zero attached hydrogens (tertiary/aromatic N) is 1. The molecule has 0 fully saturated rings. The maximum atomic E-state index is 11.5. The number of amides is 1. The first kappa shape index (κ1) is 12.1. The van der Waals surface area contributed by atoms with Gasteiger partial charge in [0.2, 0.25) is 5.91 Å². The number of rotatable bonds is 5. The summed E-state index contributed by atoms with van der Waals surface area (Å²) >= 11 is 1.57. The molecule has 0 aliphatic carbocycles. The van der Waals surface area contributed by atoms with E-state index in [0.29, 0.717) is 6.54 Å². The van der Waals surface area contributed by atoms with Crippen molar-refractivity contribution < 1.29 is 4.79 Å². The van der Waals surface area contributed by atoms with E-state index in [0.717, 1.165) is 12.1 Å². The van der Waals surface area contributed by atoms with Crippen LogP contribution in [0.2, 0.25) is 0 Å². The van der Waals surface area contributed by atoms with Crippen LogP contribution in [0.3, 0.4) is 0 Å². The van der Waals surface area contributed by atoms with Crippen LogP contribution < -0.4 is 11.1 Å². The zero-order valence-corrected chi connectivity index (χ0v) is 9.88. The number of hydrogen-bond acceptors (Lipinski definition) is 4. The summed E-state index contributed by atoms with van der Waals surface area (Å²) < 4.78 is 0. The van der Waals surface area contributed by atoms with Gasteiger partial charge in [0.15, 0.2) is 0 Å². The van der Waals surface area contributed by atoms with Crippen molar-refractivity contribution >= 4 is 17.2 Å². The number of nitrogens with one attached hydrogen (secondary N) is 1. The van der Waals surface area contributed by atoms with E-state index < -0.39 is 0 Å². The van der Waals surface area contributed by atoms with Crippen molar-refractivity contribution in [2.75, 3.05) is 6.54 Å². The third-order valence-electron chi connectivity index (χ3n) is 2.37. The van der Waals surface area contributed by atoms with E-state index in [4.69, 9.17) is 5.73 Å². The third kappa shape index (κ3) is 3.97. The Kier molecular flexibility index (Phi) is 4.71. The van der Waals surface area contributed by atoms with Crippen molar-refractivity contribution in [1.82, 2.24) is 10.3 Å². The summed E-state index contributed by atoms with van der Waals surface area (Å²) in [5.41, 5.74) is 8.45. The quantitative estimate of drug-likeness (QED) is 0.781. The molecule has 3 N–H and O–H groups in total. The third-order valence-corrected chi connectivity index (χ3v) is 3.00. The molecule has 0 aromatic carbocycles. The van der Waals surface area contributed by atoms with Crippen molar-refractivity contribution in [2.24, 2.45) is 11.7 Å². The molecule has 15 heavy (non-hydrogen) atoms. The minimum absolute atomic E-state index is 0.0141. The van der Waals surface area contributed by atoms with Crippen molar-refractivity contribution in [3.05, 3.63) is 16.6 Å². The fraction of sp³-hybridized carbons (Fsp3) is 0.600. The molecular weight excluding hydrogens is 210 g/mol. The second-order valence-corrected chi connectivity index (χ2v) is 4.39. The Balaban J connectivity index is 2.23. The normalized spacial score (nSPS) is 14.6. The van der Waals surface area contributed by atoms with Crippen molar-refractivity contribution in [3.63, 3.8) is 0 Å². The lowest BCUT2D eigenvalue weighted by molar-refractivity contribution is -0.124. The van der Waals surface area contributed by atoms with Gasteiger partial charge in [-0.15, -0.1) is 11.3 Å². The summed E-state index contributed by atoms with van der Waals surface area (Å²) in [6.45, 7) is 4.30. The molecule has 0 radical (unpaired) electrons. The van der Waals surface area contributed by atoms with Crippen LogP contribution in [0.15, 0.2) is 10.9 Å². The van der Waals surface area contributed by atoms with Crippen molar-refractivity contribution in [2.45, 2.75) is 26.3 Å². The number of hydrogen-bond donors (Lipinski definition) is 2. The first-order chi connectivity index (χ1) is 7.11. The Labute approximate surface area is 93.9 Å². The zero-order valence-electron chi connectivity index (χ0n) is 9.06. The van der Waals surface area contributed by atoms with Crippen LogP contribution >= 0.6 is 11.3 Å². The molecule has 0 bridgehead atoms. The average molecular weight is 227 g/mol. The molecule has 2 atom stereocenters. The van der Waals surface area contributed by atoms with E-state index in [9.17, 15) is 4.79 Å². The Morgan fingerprint density at radius 3 is 2.93 bits per heavy atom. The highest BCUT2D eigenvalue weighted by Gasteiger charge is 2.15. The average Bonchev–Trinajstić information content (AvgIpc) is 2.69. The Bertz CT molecular complexity index is 298. The molecule has 0 saturated carbocycles. The summed E-state index contributed by atoms with van der Waals surface area (Å²) in [4.78, 5) is 15.6. The van der Waals surface area contributed by atoms with Crippen LogP contribution in [0.5, 0.6) is 0 Å². The molecule has 0 saturated heterocycles. The minimum Gasteiger partial charge on any atom is -0.355 e. The van der Waals surface area contributed by atoms with Crippen LogP contribution in [-0.2, 0) is 11.2 Å². The van der Waals surface area contributed by atoms with Crippen LogP contribution in [-0.4, -0.2) is 23.5 Å². The Morgan fingerprint density at radius 2 is 2.40 bits per heavy atom. The highest BCUT2D eigenvalue weighted by molar-refractivity contribution is 7.07. The number of nitrogens with two attached hydrogens (primary N) is 1. The van der Waals surface area contributed by atoms with Gasteiger partial charge in [-0.05, 0) is 6.92 Å². The number of thiazole rings is 1. The van der Waals surface area contributed by atoms with Gasteiger partial charge < -0.3 is 11.1 Å². The first-order valence-electron chi connectivity index (χ1n) is 5.01. The monoisotopic (exact) mass is 227 g/mol. The van der Waals surface area contributed by atoms with Crippen molar-refractivity contribution in [3.8, 4) is 0 Å². The number of aromatic nitrogens is 1. The maximum absolute atomic E-state index is 11.5. The molecule has 1 aromatic heterocycles. The van der Waals surface area contributed by atoms with E-state index >= 15 is 0 Å². The van der Waals surface area contributed by atoms with Gasteiger partial charge in [-0.25, -0.2) is 4.98 Å². The molecule has 0 aliphatic rings. The Morgan fingerprint density at radius 1 is 1.67 bits per heavy atom. The second-order valence-electron chi connectivity index (χ2n) is 3.67. The summed E-state index contributed by atoms with van der Waals surface area (Å²) in [7, 11) is 0. The van der Waals surface area contributed by atoms with Gasteiger partial charge in [0.1, 0.15) is 0 Å². The smallest absolute Gasteiger partial charge is 0.224 e. The molecule has 5 heteroatoms. The number of carbonyl (C=O) groups excluding carboxylic acids is 1. The number of carbonyl (C=O) groups is 1. The SMILES string of the molecule is CC(N)C(C)C(=O)NCCc1cscn1. The molecule has 0 spiro atoms. The molecule has 2 unspecified atom stereocenters. The van der Waals surface area contributed by atoms with Gasteiger partial charge in [-0.3, -0.25) is 4.79 Å². The predicted molar refractivity (Wildman–Crippen MR) is 61.6 cm³/mol. The van der Waals surface area contributed by atoms with Gasteiger partial charge in [0.05, 0.1) is 11.2 Å². The summed E-state index contributed by atoms with van der Waals surface area (Å²) in [6.07, 6.45) is 0.779.